The van der Waals surface area contributed by atoms with Gasteiger partial charge in [-0.05, 0) is 19.1 Å². The number of aliphatic hydroxyl groups excluding tert-OH is 1. The molecule has 0 amide bonds. The van der Waals surface area contributed by atoms with Gasteiger partial charge in [-0.2, -0.15) is 0 Å². The molecule has 0 aliphatic carbocycles. The highest BCUT2D eigenvalue weighted by atomic mass is 35.5. The van der Waals surface area contributed by atoms with E-state index in [-0.39, 0.29) is 6.54 Å². The van der Waals surface area contributed by atoms with E-state index in [2.05, 4.69) is 5.32 Å². The lowest BCUT2D eigenvalue weighted by atomic mass is 10.1. The van der Waals surface area contributed by atoms with Crippen LogP contribution < -0.4 is 5.32 Å². The molecule has 1 heterocycles. The summed E-state index contributed by atoms with van der Waals surface area (Å²) in [6.45, 7) is 3.71. The van der Waals surface area contributed by atoms with Gasteiger partial charge in [0.25, 0.3) is 0 Å². The lowest BCUT2D eigenvalue weighted by Crippen LogP contribution is -2.27. The maximum absolute atomic E-state index is 11.5. The predicted octanol–water partition coefficient (Wildman–Crippen LogP) is 2.34. The number of carbonyl (C=O) groups is 1. The van der Waals surface area contributed by atoms with Crippen LogP contribution in [0.3, 0.4) is 0 Å². The van der Waals surface area contributed by atoms with E-state index in [9.17, 15) is 9.90 Å². The molecule has 1 aliphatic rings. The Kier molecular flexibility index (Phi) is 5.94. The third-order valence-corrected chi connectivity index (χ3v) is 3.96. The minimum absolute atomic E-state index is 0.279. The van der Waals surface area contributed by atoms with Gasteiger partial charge >= 0.3 is 5.97 Å². The third kappa shape index (κ3) is 4.06. The zero-order valence-corrected chi connectivity index (χ0v) is 13.7. The molecular formula is C15H18Cl2N2O3. The van der Waals surface area contributed by atoms with E-state index in [4.69, 9.17) is 27.9 Å². The quantitative estimate of drug-likeness (QED) is 0.634. The monoisotopic (exact) mass is 344 g/mol. The van der Waals surface area contributed by atoms with Gasteiger partial charge in [-0.3, -0.25) is 0 Å². The SMILES string of the molecule is CCOC(=O)C=C1NCCN1CC(O)c1c(Cl)cccc1Cl. The Morgan fingerprint density at radius 2 is 2.18 bits per heavy atom. The van der Waals surface area contributed by atoms with Crippen molar-refractivity contribution in [1.29, 1.82) is 0 Å². The van der Waals surface area contributed by atoms with Gasteiger partial charge in [0.05, 0.1) is 18.8 Å². The lowest BCUT2D eigenvalue weighted by molar-refractivity contribution is -0.137. The normalized spacial score (nSPS) is 17.5. The molecule has 5 nitrogen and oxygen atoms in total. The Morgan fingerprint density at radius 1 is 1.50 bits per heavy atom. The summed E-state index contributed by atoms with van der Waals surface area (Å²) in [4.78, 5) is 13.4. The number of halogens is 2. The summed E-state index contributed by atoms with van der Waals surface area (Å²) in [7, 11) is 0. The van der Waals surface area contributed by atoms with Gasteiger partial charge in [0.15, 0.2) is 0 Å². The Morgan fingerprint density at radius 3 is 2.82 bits per heavy atom. The van der Waals surface area contributed by atoms with Gasteiger partial charge in [0, 0.05) is 35.2 Å². The molecule has 7 heteroatoms. The number of nitrogens with zero attached hydrogens (tertiary/aromatic N) is 1. The molecule has 1 fully saturated rings. The van der Waals surface area contributed by atoms with E-state index >= 15 is 0 Å². The van der Waals surface area contributed by atoms with Crippen LogP contribution in [0.1, 0.15) is 18.6 Å². The predicted molar refractivity (Wildman–Crippen MR) is 85.7 cm³/mol. The number of nitrogens with one attached hydrogen (secondary N) is 1. The summed E-state index contributed by atoms with van der Waals surface area (Å²) >= 11 is 12.2. The van der Waals surface area contributed by atoms with Crippen molar-refractivity contribution < 1.29 is 14.6 Å². The number of hydrogen-bond donors (Lipinski definition) is 2. The zero-order valence-electron chi connectivity index (χ0n) is 12.2. The minimum atomic E-state index is -0.855. The smallest absolute Gasteiger partial charge is 0.334 e. The highest BCUT2D eigenvalue weighted by Crippen LogP contribution is 2.31. The molecule has 1 atom stereocenters. The van der Waals surface area contributed by atoms with Crippen LogP contribution in [-0.2, 0) is 9.53 Å². The van der Waals surface area contributed by atoms with Gasteiger partial charge in [-0.15, -0.1) is 0 Å². The van der Waals surface area contributed by atoms with E-state index in [0.717, 1.165) is 0 Å². The first-order valence-electron chi connectivity index (χ1n) is 7.02. The van der Waals surface area contributed by atoms with Crippen molar-refractivity contribution in [3.8, 4) is 0 Å². The number of carbonyl (C=O) groups excluding carboxylic acids is 1. The summed E-state index contributed by atoms with van der Waals surface area (Å²) in [6, 6.07) is 5.09. The standard InChI is InChI=1S/C15H18Cl2N2O3/c1-2-22-14(21)8-13-18-6-7-19(13)9-12(20)15-10(16)4-3-5-11(15)17/h3-5,8,12,18,20H,2,6-7,9H2,1H3. The van der Waals surface area contributed by atoms with Crippen LogP contribution in [0.15, 0.2) is 30.1 Å². The first kappa shape index (κ1) is 16.9. The fourth-order valence-electron chi connectivity index (χ4n) is 2.31. The van der Waals surface area contributed by atoms with E-state index in [1.807, 2.05) is 4.90 Å². The molecule has 1 aliphatic heterocycles. The maximum atomic E-state index is 11.5. The van der Waals surface area contributed by atoms with E-state index in [1.165, 1.54) is 6.08 Å². The summed E-state index contributed by atoms with van der Waals surface area (Å²) in [5, 5.41) is 14.3. The van der Waals surface area contributed by atoms with Crippen molar-refractivity contribution in [2.45, 2.75) is 13.0 Å². The Labute approximate surface area is 139 Å². The molecule has 2 N–H and O–H groups in total. The second-order valence-electron chi connectivity index (χ2n) is 4.81. The Balaban J connectivity index is 2.10. The van der Waals surface area contributed by atoms with Crippen molar-refractivity contribution in [3.05, 3.63) is 45.7 Å². The molecule has 0 bridgehead atoms. The highest BCUT2D eigenvalue weighted by Gasteiger charge is 2.23. The molecule has 1 saturated heterocycles. The molecule has 1 aromatic rings. The molecular weight excluding hydrogens is 327 g/mol. The van der Waals surface area contributed by atoms with Gasteiger partial charge < -0.3 is 20.1 Å². The zero-order chi connectivity index (χ0) is 16.1. The van der Waals surface area contributed by atoms with Crippen LogP contribution >= 0.6 is 23.2 Å². The number of esters is 1. The van der Waals surface area contributed by atoms with Crippen LogP contribution in [0.25, 0.3) is 0 Å². The van der Waals surface area contributed by atoms with Crippen molar-refractivity contribution in [1.82, 2.24) is 10.2 Å². The number of ether oxygens (including phenoxy) is 1. The molecule has 120 valence electrons. The van der Waals surface area contributed by atoms with Crippen LogP contribution in [0.5, 0.6) is 0 Å². The average molecular weight is 345 g/mol. The molecule has 1 unspecified atom stereocenters. The average Bonchev–Trinajstić information content (AvgIpc) is 2.86. The molecule has 0 aromatic heterocycles. The maximum Gasteiger partial charge on any atom is 0.334 e. The number of β-amino-alcohol motifs (C(OH)–C–C–N with tert-alkyl or cyclic N) is 1. The van der Waals surface area contributed by atoms with Crippen LogP contribution in [-0.4, -0.2) is 42.2 Å². The number of aliphatic hydroxyl groups is 1. The van der Waals surface area contributed by atoms with Crippen LogP contribution in [0, 0.1) is 0 Å². The van der Waals surface area contributed by atoms with Crippen molar-refractivity contribution >= 4 is 29.2 Å². The first-order chi connectivity index (χ1) is 10.5. The molecule has 22 heavy (non-hydrogen) atoms. The van der Waals surface area contributed by atoms with Crippen molar-refractivity contribution in [2.75, 3.05) is 26.2 Å². The summed E-state index contributed by atoms with van der Waals surface area (Å²) < 4.78 is 4.89. The number of hydrogen-bond acceptors (Lipinski definition) is 5. The minimum Gasteiger partial charge on any atom is -0.463 e. The summed E-state index contributed by atoms with van der Waals surface area (Å²) in [6.07, 6.45) is 0.531. The molecule has 1 aromatic carbocycles. The van der Waals surface area contributed by atoms with E-state index < -0.39 is 12.1 Å². The van der Waals surface area contributed by atoms with Gasteiger partial charge in [-0.25, -0.2) is 4.79 Å². The van der Waals surface area contributed by atoms with E-state index in [1.54, 1.807) is 25.1 Å². The van der Waals surface area contributed by atoms with Crippen molar-refractivity contribution in [3.63, 3.8) is 0 Å². The number of rotatable bonds is 5. The fraction of sp³-hybridized carbons (Fsp3) is 0.400. The fourth-order valence-corrected chi connectivity index (χ4v) is 2.96. The third-order valence-electron chi connectivity index (χ3n) is 3.30. The van der Waals surface area contributed by atoms with Gasteiger partial charge in [-0.1, -0.05) is 29.3 Å². The summed E-state index contributed by atoms with van der Waals surface area (Å²) in [5.74, 6) is 0.211. The van der Waals surface area contributed by atoms with Crippen LogP contribution in [0.2, 0.25) is 10.0 Å². The first-order valence-corrected chi connectivity index (χ1v) is 7.77. The highest BCUT2D eigenvalue weighted by molar-refractivity contribution is 6.36. The van der Waals surface area contributed by atoms with Crippen molar-refractivity contribution in [2.24, 2.45) is 0 Å². The molecule has 0 spiro atoms. The topological polar surface area (TPSA) is 61.8 Å². The molecule has 0 saturated carbocycles. The van der Waals surface area contributed by atoms with Gasteiger partial charge in [0.1, 0.15) is 5.82 Å². The van der Waals surface area contributed by atoms with Gasteiger partial charge in [0.2, 0.25) is 0 Å². The lowest BCUT2D eigenvalue weighted by Gasteiger charge is -2.23. The Bertz CT molecular complexity index is 558. The van der Waals surface area contributed by atoms with Crippen LogP contribution in [0.4, 0.5) is 0 Å². The number of benzene rings is 1. The molecule has 2 rings (SSSR count). The second kappa shape index (κ2) is 7.72. The Hall–Kier alpha value is -1.43. The summed E-state index contributed by atoms with van der Waals surface area (Å²) in [5.41, 5.74) is 0.494. The molecule has 0 radical (unpaired) electrons. The van der Waals surface area contributed by atoms with E-state index in [0.29, 0.717) is 41.1 Å². The second-order valence-corrected chi connectivity index (χ2v) is 5.62. The largest absolute Gasteiger partial charge is 0.463 e.